The molecule has 1 saturated carbocycles. The van der Waals surface area contributed by atoms with Crippen LogP contribution in [0.15, 0.2) is 4.99 Å². The standard InChI is InChI=1S/C14H26N4O/c1-15-14(17(2)3)16-12-8-9-18(10-12)13(19)11-6-4-5-7-11/h11-12H,4-10H2,1-3H3,(H,15,16). The highest BCUT2D eigenvalue weighted by Crippen LogP contribution is 2.27. The zero-order valence-electron chi connectivity index (χ0n) is 12.4. The number of aliphatic imine (C=N–C) groups is 1. The monoisotopic (exact) mass is 266 g/mol. The van der Waals surface area contributed by atoms with E-state index in [1.165, 1.54) is 12.8 Å². The summed E-state index contributed by atoms with van der Waals surface area (Å²) in [5.41, 5.74) is 0. The van der Waals surface area contributed by atoms with Crippen LogP contribution < -0.4 is 5.32 Å². The summed E-state index contributed by atoms with van der Waals surface area (Å²) in [6.45, 7) is 1.71. The van der Waals surface area contributed by atoms with Gasteiger partial charge in [-0.1, -0.05) is 12.8 Å². The van der Waals surface area contributed by atoms with Crippen molar-refractivity contribution < 1.29 is 4.79 Å². The van der Waals surface area contributed by atoms with Gasteiger partial charge in [0.1, 0.15) is 0 Å². The van der Waals surface area contributed by atoms with Crippen molar-refractivity contribution in [1.29, 1.82) is 0 Å². The zero-order chi connectivity index (χ0) is 13.8. The van der Waals surface area contributed by atoms with Crippen LogP contribution in [-0.2, 0) is 4.79 Å². The molecule has 5 nitrogen and oxygen atoms in total. The van der Waals surface area contributed by atoms with Crippen molar-refractivity contribution in [3.8, 4) is 0 Å². The van der Waals surface area contributed by atoms with Gasteiger partial charge in [-0.2, -0.15) is 0 Å². The summed E-state index contributed by atoms with van der Waals surface area (Å²) >= 11 is 0. The molecule has 2 fully saturated rings. The van der Waals surface area contributed by atoms with Crippen LogP contribution in [0.25, 0.3) is 0 Å². The average molecular weight is 266 g/mol. The van der Waals surface area contributed by atoms with E-state index >= 15 is 0 Å². The Labute approximate surface area is 116 Å². The van der Waals surface area contributed by atoms with Crippen LogP contribution in [0, 0.1) is 5.92 Å². The van der Waals surface area contributed by atoms with Gasteiger partial charge in [-0.05, 0) is 19.3 Å². The first kappa shape index (κ1) is 14.2. The number of amides is 1. The van der Waals surface area contributed by atoms with Crippen molar-refractivity contribution in [2.75, 3.05) is 34.2 Å². The molecule has 1 unspecified atom stereocenters. The van der Waals surface area contributed by atoms with Gasteiger partial charge in [-0.3, -0.25) is 9.79 Å². The van der Waals surface area contributed by atoms with E-state index in [0.29, 0.717) is 17.9 Å². The number of nitrogens with zero attached hydrogens (tertiary/aromatic N) is 3. The molecule has 19 heavy (non-hydrogen) atoms. The average Bonchev–Trinajstić information content (AvgIpc) is 3.06. The molecule has 1 aliphatic carbocycles. The quantitative estimate of drug-likeness (QED) is 0.597. The SMILES string of the molecule is CN=C(NC1CCN(C(=O)C2CCCC2)C1)N(C)C. The molecule has 0 bridgehead atoms. The number of rotatable bonds is 2. The second kappa shape index (κ2) is 6.26. The highest BCUT2D eigenvalue weighted by molar-refractivity contribution is 5.81. The first-order chi connectivity index (χ1) is 9.11. The minimum Gasteiger partial charge on any atom is -0.352 e. The van der Waals surface area contributed by atoms with Crippen LogP contribution in [0.4, 0.5) is 0 Å². The summed E-state index contributed by atoms with van der Waals surface area (Å²) in [5, 5.41) is 3.42. The van der Waals surface area contributed by atoms with E-state index in [0.717, 1.165) is 38.3 Å². The molecular weight excluding hydrogens is 240 g/mol. The smallest absolute Gasteiger partial charge is 0.225 e. The Kier molecular flexibility index (Phi) is 4.66. The molecule has 5 heteroatoms. The van der Waals surface area contributed by atoms with Gasteiger partial charge < -0.3 is 15.1 Å². The van der Waals surface area contributed by atoms with Gasteiger partial charge in [0.25, 0.3) is 0 Å². The molecule has 0 aromatic carbocycles. The van der Waals surface area contributed by atoms with E-state index in [9.17, 15) is 4.79 Å². The fourth-order valence-electron chi connectivity index (χ4n) is 3.09. The van der Waals surface area contributed by atoms with Crippen molar-refractivity contribution in [3.63, 3.8) is 0 Å². The molecule has 108 valence electrons. The molecule has 2 rings (SSSR count). The van der Waals surface area contributed by atoms with Crippen molar-refractivity contribution >= 4 is 11.9 Å². The van der Waals surface area contributed by atoms with Crippen LogP contribution >= 0.6 is 0 Å². The second-order valence-corrected chi connectivity index (χ2v) is 5.84. The Bertz CT molecular complexity index is 347. The summed E-state index contributed by atoms with van der Waals surface area (Å²) in [4.78, 5) is 20.6. The van der Waals surface area contributed by atoms with Gasteiger partial charge in [0.15, 0.2) is 5.96 Å². The lowest BCUT2D eigenvalue weighted by atomic mass is 10.1. The van der Waals surface area contributed by atoms with Gasteiger partial charge in [-0.15, -0.1) is 0 Å². The van der Waals surface area contributed by atoms with Crippen molar-refractivity contribution in [2.45, 2.75) is 38.1 Å². The fraction of sp³-hybridized carbons (Fsp3) is 0.857. The van der Waals surface area contributed by atoms with Crippen LogP contribution in [0.3, 0.4) is 0 Å². The Morgan fingerprint density at radius 2 is 1.95 bits per heavy atom. The maximum absolute atomic E-state index is 12.3. The molecule has 0 aromatic heterocycles. The zero-order valence-corrected chi connectivity index (χ0v) is 12.4. The van der Waals surface area contributed by atoms with Crippen LogP contribution in [0.2, 0.25) is 0 Å². The van der Waals surface area contributed by atoms with E-state index in [1.54, 1.807) is 7.05 Å². The molecule has 0 aromatic rings. The molecule has 1 saturated heterocycles. The van der Waals surface area contributed by atoms with Crippen LogP contribution in [0.1, 0.15) is 32.1 Å². The Hall–Kier alpha value is -1.26. The molecule has 1 amide bonds. The maximum atomic E-state index is 12.3. The summed E-state index contributed by atoms with van der Waals surface area (Å²) in [5.74, 6) is 1.56. The first-order valence-electron chi connectivity index (χ1n) is 7.31. The highest BCUT2D eigenvalue weighted by atomic mass is 16.2. The number of hydrogen-bond acceptors (Lipinski definition) is 2. The Morgan fingerprint density at radius 3 is 2.53 bits per heavy atom. The summed E-state index contributed by atoms with van der Waals surface area (Å²) in [6, 6.07) is 0.339. The topological polar surface area (TPSA) is 47.9 Å². The Morgan fingerprint density at radius 1 is 1.26 bits per heavy atom. The molecule has 1 heterocycles. The van der Waals surface area contributed by atoms with Gasteiger partial charge in [0, 0.05) is 46.2 Å². The molecule has 1 atom stereocenters. The van der Waals surface area contributed by atoms with Crippen molar-refractivity contribution in [1.82, 2.24) is 15.1 Å². The minimum absolute atomic E-state index is 0.298. The highest BCUT2D eigenvalue weighted by Gasteiger charge is 2.32. The van der Waals surface area contributed by atoms with Gasteiger partial charge in [0.2, 0.25) is 5.91 Å². The van der Waals surface area contributed by atoms with Gasteiger partial charge in [0.05, 0.1) is 0 Å². The molecular formula is C14H26N4O. The summed E-state index contributed by atoms with van der Waals surface area (Å²) in [7, 11) is 5.75. The lowest BCUT2D eigenvalue weighted by molar-refractivity contribution is -0.134. The van der Waals surface area contributed by atoms with Crippen LogP contribution in [-0.4, -0.2) is 61.9 Å². The van der Waals surface area contributed by atoms with Crippen LogP contribution in [0.5, 0.6) is 0 Å². The maximum Gasteiger partial charge on any atom is 0.225 e. The summed E-state index contributed by atoms with van der Waals surface area (Å²) < 4.78 is 0. The predicted molar refractivity (Wildman–Crippen MR) is 77.1 cm³/mol. The normalized spacial score (nSPS) is 24.9. The van der Waals surface area contributed by atoms with E-state index in [1.807, 2.05) is 23.9 Å². The number of carbonyl (C=O) groups is 1. The van der Waals surface area contributed by atoms with E-state index in [-0.39, 0.29) is 0 Å². The number of carbonyl (C=O) groups excluding carboxylic acids is 1. The summed E-state index contributed by atoms with van der Waals surface area (Å²) in [6.07, 6.45) is 5.64. The Balaban J connectivity index is 1.84. The molecule has 0 spiro atoms. The molecule has 1 aliphatic heterocycles. The predicted octanol–water partition coefficient (Wildman–Crippen LogP) is 0.914. The molecule has 2 aliphatic rings. The number of likely N-dealkylation sites (tertiary alicyclic amines) is 1. The van der Waals surface area contributed by atoms with E-state index in [4.69, 9.17) is 0 Å². The lowest BCUT2D eigenvalue weighted by Gasteiger charge is -2.23. The number of hydrogen-bond donors (Lipinski definition) is 1. The second-order valence-electron chi connectivity index (χ2n) is 5.84. The fourth-order valence-corrected chi connectivity index (χ4v) is 3.09. The number of nitrogens with one attached hydrogen (secondary N) is 1. The number of guanidine groups is 1. The van der Waals surface area contributed by atoms with Crippen molar-refractivity contribution in [2.24, 2.45) is 10.9 Å². The first-order valence-corrected chi connectivity index (χ1v) is 7.31. The third kappa shape index (κ3) is 3.39. The third-order valence-corrected chi connectivity index (χ3v) is 4.17. The lowest BCUT2D eigenvalue weighted by Crippen LogP contribution is -2.44. The van der Waals surface area contributed by atoms with Crippen molar-refractivity contribution in [3.05, 3.63) is 0 Å². The molecule has 1 N–H and O–H groups in total. The third-order valence-electron chi connectivity index (χ3n) is 4.17. The minimum atomic E-state index is 0.298. The molecule has 0 radical (unpaired) electrons. The van der Waals surface area contributed by atoms with E-state index < -0.39 is 0 Å². The van der Waals surface area contributed by atoms with Gasteiger partial charge >= 0.3 is 0 Å². The largest absolute Gasteiger partial charge is 0.352 e. The van der Waals surface area contributed by atoms with Gasteiger partial charge in [-0.25, -0.2) is 0 Å². The van der Waals surface area contributed by atoms with E-state index in [2.05, 4.69) is 10.3 Å².